The Bertz CT molecular complexity index is 3100. The third kappa shape index (κ3) is 4.81. The van der Waals surface area contributed by atoms with E-state index in [1.54, 1.807) is 0 Å². The highest BCUT2D eigenvalue weighted by Gasteiger charge is 2.35. The van der Waals surface area contributed by atoms with Gasteiger partial charge in [-0.2, -0.15) is 0 Å². The Morgan fingerprint density at radius 2 is 1.02 bits per heavy atom. The standard InChI is InChI=1S/C53H38N2/c1-53(2)47-19-9-7-17-44(47)45-32-31-41(34-48(45)53)54(49-21-11-14-37-12-3-5-15-42(37)49)39-27-22-35(23-28-39)36-24-29-40(30-25-36)55-50-20-10-8-18-46(50)52-43-16-6-4-13-38(43)26-33-51(52)55/h3-34H,1-2H3. The summed E-state index contributed by atoms with van der Waals surface area (Å²) in [5, 5.41) is 7.60. The zero-order chi connectivity index (χ0) is 36.7. The molecule has 0 saturated carbocycles. The minimum atomic E-state index is -0.0879. The maximum absolute atomic E-state index is 2.43. The summed E-state index contributed by atoms with van der Waals surface area (Å²) < 4.78 is 2.41. The molecule has 10 aromatic rings. The first-order valence-corrected chi connectivity index (χ1v) is 19.2. The van der Waals surface area contributed by atoms with Gasteiger partial charge in [0, 0.05) is 38.6 Å². The molecule has 1 heterocycles. The minimum Gasteiger partial charge on any atom is -0.310 e. The van der Waals surface area contributed by atoms with Gasteiger partial charge in [0.05, 0.1) is 16.7 Å². The summed E-state index contributed by atoms with van der Waals surface area (Å²) in [6.45, 7) is 4.71. The van der Waals surface area contributed by atoms with Crippen molar-refractivity contribution in [2.45, 2.75) is 19.3 Å². The van der Waals surface area contributed by atoms with Crippen LogP contribution in [0.4, 0.5) is 17.1 Å². The molecule has 0 aliphatic heterocycles. The molecule has 0 bridgehead atoms. The van der Waals surface area contributed by atoms with Crippen molar-refractivity contribution >= 4 is 60.4 Å². The summed E-state index contributed by atoms with van der Waals surface area (Å²) in [4.78, 5) is 2.43. The fourth-order valence-electron chi connectivity index (χ4n) is 9.29. The molecule has 0 spiro atoms. The van der Waals surface area contributed by atoms with Crippen molar-refractivity contribution < 1.29 is 0 Å². The molecule has 0 amide bonds. The number of benzene rings is 9. The Morgan fingerprint density at radius 3 is 1.82 bits per heavy atom. The van der Waals surface area contributed by atoms with Crippen LogP contribution in [-0.2, 0) is 5.41 Å². The molecule has 2 heteroatoms. The van der Waals surface area contributed by atoms with Crippen LogP contribution in [0.15, 0.2) is 194 Å². The van der Waals surface area contributed by atoms with Crippen LogP contribution in [0.1, 0.15) is 25.0 Å². The number of hydrogen-bond donors (Lipinski definition) is 0. The third-order valence-corrected chi connectivity index (χ3v) is 12.0. The molecular formula is C53H38N2. The predicted molar refractivity (Wildman–Crippen MR) is 233 cm³/mol. The Balaban J connectivity index is 0.997. The second-order valence-electron chi connectivity index (χ2n) is 15.4. The average Bonchev–Trinajstić information content (AvgIpc) is 3.70. The van der Waals surface area contributed by atoms with E-state index in [1.165, 1.54) is 82.4 Å². The number of nitrogens with zero attached hydrogens (tertiary/aromatic N) is 2. The molecule has 0 atom stereocenters. The molecule has 1 aromatic heterocycles. The molecule has 0 radical (unpaired) electrons. The summed E-state index contributed by atoms with van der Waals surface area (Å²) in [5.41, 5.74) is 14.8. The lowest BCUT2D eigenvalue weighted by atomic mass is 9.82. The van der Waals surface area contributed by atoms with Gasteiger partial charge < -0.3 is 9.47 Å². The monoisotopic (exact) mass is 702 g/mol. The zero-order valence-electron chi connectivity index (χ0n) is 30.9. The molecule has 1 aliphatic rings. The summed E-state index contributed by atoms with van der Waals surface area (Å²) in [5.74, 6) is 0. The molecule has 55 heavy (non-hydrogen) atoms. The summed E-state index contributed by atoms with van der Waals surface area (Å²) in [6.07, 6.45) is 0. The molecule has 0 unspecified atom stereocenters. The highest BCUT2D eigenvalue weighted by Crippen LogP contribution is 2.51. The average molecular weight is 703 g/mol. The first-order valence-electron chi connectivity index (χ1n) is 19.2. The Morgan fingerprint density at radius 1 is 0.418 bits per heavy atom. The molecular weight excluding hydrogens is 665 g/mol. The predicted octanol–water partition coefficient (Wildman–Crippen LogP) is 14.5. The van der Waals surface area contributed by atoms with Crippen LogP contribution in [-0.4, -0.2) is 4.57 Å². The van der Waals surface area contributed by atoms with Gasteiger partial charge in [-0.1, -0.05) is 153 Å². The van der Waals surface area contributed by atoms with Crippen LogP contribution in [0.2, 0.25) is 0 Å². The van der Waals surface area contributed by atoms with Gasteiger partial charge in [-0.3, -0.25) is 0 Å². The smallest absolute Gasteiger partial charge is 0.0547 e. The van der Waals surface area contributed by atoms with E-state index in [0.29, 0.717) is 0 Å². The fraction of sp³-hybridized carbons (Fsp3) is 0.0566. The van der Waals surface area contributed by atoms with Gasteiger partial charge in [0.2, 0.25) is 0 Å². The minimum absolute atomic E-state index is 0.0879. The zero-order valence-corrected chi connectivity index (χ0v) is 30.9. The van der Waals surface area contributed by atoms with E-state index < -0.39 is 0 Å². The molecule has 0 N–H and O–H groups in total. The molecule has 1 aliphatic carbocycles. The normalized spacial score (nSPS) is 13.1. The lowest BCUT2D eigenvalue weighted by Gasteiger charge is -2.29. The van der Waals surface area contributed by atoms with Gasteiger partial charge in [0.1, 0.15) is 0 Å². The number of aromatic nitrogens is 1. The molecule has 260 valence electrons. The second-order valence-corrected chi connectivity index (χ2v) is 15.4. The second kappa shape index (κ2) is 12.1. The Kier molecular flexibility index (Phi) is 6.93. The van der Waals surface area contributed by atoms with E-state index in [-0.39, 0.29) is 5.41 Å². The van der Waals surface area contributed by atoms with E-state index >= 15 is 0 Å². The number of para-hydroxylation sites is 1. The van der Waals surface area contributed by atoms with Crippen molar-refractivity contribution in [2.75, 3.05) is 4.90 Å². The van der Waals surface area contributed by atoms with Crippen LogP contribution in [0.3, 0.4) is 0 Å². The number of fused-ring (bicyclic) bond motifs is 9. The van der Waals surface area contributed by atoms with Crippen LogP contribution < -0.4 is 4.90 Å². The van der Waals surface area contributed by atoms with Crippen molar-refractivity contribution in [1.82, 2.24) is 4.57 Å². The molecule has 11 rings (SSSR count). The largest absolute Gasteiger partial charge is 0.310 e. The van der Waals surface area contributed by atoms with Crippen LogP contribution in [0.25, 0.3) is 71.3 Å². The van der Waals surface area contributed by atoms with Crippen LogP contribution >= 0.6 is 0 Å². The lowest BCUT2D eigenvalue weighted by Crippen LogP contribution is -2.16. The first kappa shape index (κ1) is 31.6. The van der Waals surface area contributed by atoms with Crippen LogP contribution in [0, 0.1) is 0 Å². The Labute approximate surface area is 321 Å². The maximum Gasteiger partial charge on any atom is 0.0547 e. The lowest BCUT2D eigenvalue weighted by molar-refractivity contribution is 0.660. The number of anilines is 3. The highest BCUT2D eigenvalue weighted by molar-refractivity contribution is 6.21. The van der Waals surface area contributed by atoms with Gasteiger partial charge >= 0.3 is 0 Å². The van der Waals surface area contributed by atoms with Crippen LogP contribution in [0.5, 0.6) is 0 Å². The fourth-order valence-corrected chi connectivity index (χ4v) is 9.29. The van der Waals surface area contributed by atoms with Crippen molar-refractivity contribution in [2.24, 2.45) is 0 Å². The maximum atomic E-state index is 2.43. The molecule has 2 nitrogen and oxygen atoms in total. The van der Waals surface area contributed by atoms with Gasteiger partial charge in [-0.25, -0.2) is 0 Å². The third-order valence-electron chi connectivity index (χ3n) is 12.0. The van der Waals surface area contributed by atoms with Crippen molar-refractivity contribution in [3.63, 3.8) is 0 Å². The van der Waals surface area contributed by atoms with E-state index in [4.69, 9.17) is 0 Å². The van der Waals surface area contributed by atoms with Gasteiger partial charge in [0.25, 0.3) is 0 Å². The van der Waals surface area contributed by atoms with Crippen molar-refractivity contribution in [1.29, 1.82) is 0 Å². The number of rotatable bonds is 5. The highest BCUT2D eigenvalue weighted by atomic mass is 15.1. The SMILES string of the molecule is CC1(C)c2ccccc2-c2ccc(N(c3ccc(-c4ccc(-n5c6ccccc6c6c7ccccc7ccc65)cc4)cc3)c3cccc4ccccc34)cc21. The van der Waals surface area contributed by atoms with Gasteiger partial charge in [-0.15, -0.1) is 0 Å². The summed E-state index contributed by atoms with van der Waals surface area (Å²) in [6, 6.07) is 71.3. The molecule has 0 saturated heterocycles. The number of hydrogen-bond acceptors (Lipinski definition) is 1. The summed E-state index contributed by atoms with van der Waals surface area (Å²) >= 11 is 0. The van der Waals surface area contributed by atoms with Crippen molar-refractivity contribution in [3.8, 4) is 27.9 Å². The summed E-state index contributed by atoms with van der Waals surface area (Å²) in [7, 11) is 0. The van der Waals surface area contributed by atoms with E-state index in [2.05, 4.69) is 217 Å². The van der Waals surface area contributed by atoms with Gasteiger partial charge in [-0.05, 0) is 104 Å². The van der Waals surface area contributed by atoms with E-state index in [9.17, 15) is 0 Å². The van der Waals surface area contributed by atoms with Gasteiger partial charge in [0.15, 0.2) is 0 Å². The quantitative estimate of drug-likeness (QED) is 0.173. The van der Waals surface area contributed by atoms with Crippen molar-refractivity contribution in [3.05, 3.63) is 205 Å². The van der Waals surface area contributed by atoms with E-state index in [0.717, 1.165) is 17.1 Å². The molecule has 0 fully saturated rings. The Hall–Kier alpha value is -6.90. The van der Waals surface area contributed by atoms with E-state index in [1.807, 2.05) is 0 Å². The topological polar surface area (TPSA) is 8.17 Å². The first-order chi connectivity index (χ1) is 27.0. The molecule has 9 aromatic carbocycles.